The van der Waals surface area contributed by atoms with Crippen LogP contribution in [0.25, 0.3) is 10.9 Å². The van der Waals surface area contributed by atoms with E-state index in [1.165, 1.54) is 5.56 Å². The smallest absolute Gasteiger partial charge is 0.323 e. The van der Waals surface area contributed by atoms with Crippen LogP contribution in [-0.2, 0) is 16.7 Å². The molecular weight excluding hydrogens is 258 g/mol. The largest absolute Gasteiger partial charge is 0.480 e. The summed E-state index contributed by atoms with van der Waals surface area (Å²) in [5.41, 5.74) is 2.15. The fourth-order valence-electron chi connectivity index (χ4n) is 1.62. The molecule has 1 aromatic heterocycles. The van der Waals surface area contributed by atoms with Gasteiger partial charge in [-0.2, -0.15) is 0 Å². The number of aliphatic carboxylic acids is 1. The Balaban J connectivity index is 2.47. The minimum atomic E-state index is -0.822. The molecule has 0 bridgehead atoms. The van der Waals surface area contributed by atoms with E-state index in [4.69, 9.17) is 5.11 Å². The first-order chi connectivity index (χ1) is 7.20. The van der Waals surface area contributed by atoms with Crippen molar-refractivity contribution in [2.45, 2.75) is 11.9 Å². The monoisotopic (exact) mass is 267 g/mol. The van der Waals surface area contributed by atoms with Crippen molar-refractivity contribution < 1.29 is 9.90 Å². The van der Waals surface area contributed by atoms with E-state index in [2.05, 4.69) is 22.0 Å². The van der Waals surface area contributed by atoms with E-state index in [1.54, 1.807) is 10.8 Å². The van der Waals surface area contributed by atoms with Gasteiger partial charge in [-0.25, -0.2) is 0 Å². The molecule has 4 heteroatoms. The Bertz CT molecular complexity index is 504. The predicted octanol–water partition coefficient (Wildman–Crippen LogP) is 2.62. The highest BCUT2D eigenvalue weighted by molar-refractivity contribution is 9.08. The van der Waals surface area contributed by atoms with Crippen molar-refractivity contribution in [2.75, 3.05) is 0 Å². The van der Waals surface area contributed by atoms with Gasteiger partial charge in [-0.15, -0.1) is 0 Å². The molecule has 2 rings (SSSR count). The number of rotatable bonds is 3. The molecule has 0 unspecified atom stereocenters. The summed E-state index contributed by atoms with van der Waals surface area (Å²) < 4.78 is 1.73. The van der Waals surface area contributed by atoms with Gasteiger partial charge in [0, 0.05) is 17.0 Å². The maximum atomic E-state index is 10.6. The fraction of sp³-hybridized carbons (Fsp3) is 0.182. The molecule has 0 atom stereocenters. The van der Waals surface area contributed by atoms with Gasteiger partial charge in [0.1, 0.15) is 6.54 Å². The Hall–Kier alpha value is -1.29. The fourth-order valence-corrected chi connectivity index (χ4v) is 1.97. The summed E-state index contributed by atoms with van der Waals surface area (Å²) in [6.45, 7) is 0.0111. The number of carbonyl (C=O) groups is 1. The number of fused-ring (bicyclic) bond motifs is 1. The first kappa shape index (κ1) is 10.2. The van der Waals surface area contributed by atoms with Crippen LogP contribution < -0.4 is 0 Å². The van der Waals surface area contributed by atoms with E-state index in [0.29, 0.717) is 0 Å². The van der Waals surface area contributed by atoms with Gasteiger partial charge in [0.15, 0.2) is 0 Å². The summed E-state index contributed by atoms with van der Waals surface area (Å²) in [6.07, 6.45) is 1.80. The molecule has 1 aromatic carbocycles. The molecule has 15 heavy (non-hydrogen) atoms. The minimum Gasteiger partial charge on any atom is -0.480 e. The molecule has 1 heterocycles. The molecule has 0 radical (unpaired) electrons. The van der Waals surface area contributed by atoms with Gasteiger partial charge in [0.2, 0.25) is 0 Å². The SMILES string of the molecule is O=C(O)Cn1ccc2cc(CBr)ccc21. The van der Waals surface area contributed by atoms with Crippen molar-refractivity contribution in [3.63, 3.8) is 0 Å². The van der Waals surface area contributed by atoms with Crippen LogP contribution in [0.2, 0.25) is 0 Å². The number of halogens is 1. The maximum absolute atomic E-state index is 10.6. The van der Waals surface area contributed by atoms with Gasteiger partial charge in [-0.1, -0.05) is 22.0 Å². The minimum absolute atomic E-state index is 0.0111. The topological polar surface area (TPSA) is 42.2 Å². The summed E-state index contributed by atoms with van der Waals surface area (Å²) >= 11 is 3.39. The van der Waals surface area contributed by atoms with Crippen LogP contribution >= 0.6 is 15.9 Å². The zero-order chi connectivity index (χ0) is 10.8. The summed E-state index contributed by atoms with van der Waals surface area (Å²) in [5.74, 6) is -0.822. The first-order valence-corrected chi connectivity index (χ1v) is 5.68. The number of benzene rings is 1. The van der Waals surface area contributed by atoms with Crippen LogP contribution in [0.5, 0.6) is 0 Å². The van der Waals surface area contributed by atoms with Crippen LogP contribution in [0.3, 0.4) is 0 Å². The third kappa shape index (κ3) is 2.04. The first-order valence-electron chi connectivity index (χ1n) is 4.56. The summed E-state index contributed by atoms with van der Waals surface area (Å²) in [6, 6.07) is 7.94. The van der Waals surface area contributed by atoms with E-state index in [9.17, 15) is 4.79 Å². The lowest BCUT2D eigenvalue weighted by Gasteiger charge is -2.01. The van der Waals surface area contributed by atoms with E-state index in [1.807, 2.05) is 18.2 Å². The molecule has 1 N–H and O–H groups in total. The molecule has 0 saturated heterocycles. The number of carboxylic acid groups (broad SMARTS) is 1. The second kappa shape index (κ2) is 4.06. The second-order valence-corrected chi connectivity index (χ2v) is 3.92. The molecule has 78 valence electrons. The third-order valence-corrected chi connectivity index (χ3v) is 2.94. The van der Waals surface area contributed by atoms with Crippen LogP contribution in [0.1, 0.15) is 5.56 Å². The van der Waals surface area contributed by atoms with Gasteiger partial charge >= 0.3 is 5.97 Å². The van der Waals surface area contributed by atoms with Gasteiger partial charge in [-0.3, -0.25) is 4.79 Å². The lowest BCUT2D eigenvalue weighted by Crippen LogP contribution is -2.07. The number of aromatic nitrogens is 1. The standard InChI is InChI=1S/C11H10BrNO2/c12-6-8-1-2-10-9(5-8)3-4-13(10)7-11(14)15/h1-5H,6-7H2,(H,14,15). The van der Waals surface area contributed by atoms with Gasteiger partial charge in [-0.05, 0) is 29.1 Å². The molecular formula is C11H10BrNO2. The zero-order valence-electron chi connectivity index (χ0n) is 7.98. The Morgan fingerprint density at radius 3 is 2.87 bits per heavy atom. The van der Waals surface area contributed by atoms with E-state index in [-0.39, 0.29) is 6.54 Å². The Kier molecular flexibility index (Phi) is 2.77. The zero-order valence-corrected chi connectivity index (χ0v) is 9.57. The lowest BCUT2D eigenvalue weighted by atomic mass is 10.2. The van der Waals surface area contributed by atoms with Crippen molar-refractivity contribution in [1.82, 2.24) is 4.57 Å². The van der Waals surface area contributed by atoms with Crippen molar-refractivity contribution in [1.29, 1.82) is 0 Å². The Morgan fingerprint density at radius 2 is 2.20 bits per heavy atom. The normalized spacial score (nSPS) is 10.7. The average molecular weight is 268 g/mol. The molecule has 2 aromatic rings. The van der Waals surface area contributed by atoms with Gasteiger partial charge < -0.3 is 9.67 Å². The maximum Gasteiger partial charge on any atom is 0.323 e. The molecule has 3 nitrogen and oxygen atoms in total. The Labute approximate surface area is 95.5 Å². The second-order valence-electron chi connectivity index (χ2n) is 3.36. The third-order valence-electron chi connectivity index (χ3n) is 2.30. The number of alkyl halides is 1. The molecule has 0 amide bonds. The highest BCUT2D eigenvalue weighted by atomic mass is 79.9. The molecule has 0 aliphatic carbocycles. The van der Waals surface area contributed by atoms with E-state index < -0.39 is 5.97 Å². The number of hydrogen-bond donors (Lipinski definition) is 1. The molecule has 0 saturated carbocycles. The Morgan fingerprint density at radius 1 is 1.40 bits per heavy atom. The number of carboxylic acids is 1. The highest BCUT2D eigenvalue weighted by Gasteiger charge is 2.04. The summed E-state index contributed by atoms with van der Waals surface area (Å²) in [5, 5.41) is 10.6. The predicted molar refractivity (Wildman–Crippen MR) is 62.2 cm³/mol. The van der Waals surface area contributed by atoms with Crippen LogP contribution in [-0.4, -0.2) is 15.6 Å². The van der Waals surface area contributed by atoms with E-state index >= 15 is 0 Å². The molecule has 0 spiro atoms. The van der Waals surface area contributed by atoms with Crippen molar-refractivity contribution in [2.24, 2.45) is 0 Å². The summed E-state index contributed by atoms with van der Waals surface area (Å²) in [7, 11) is 0. The van der Waals surface area contributed by atoms with Crippen molar-refractivity contribution in [3.05, 3.63) is 36.0 Å². The number of hydrogen-bond acceptors (Lipinski definition) is 1. The average Bonchev–Trinajstić information content (AvgIpc) is 2.60. The van der Waals surface area contributed by atoms with Gasteiger partial charge in [0.25, 0.3) is 0 Å². The summed E-state index contributed by atoms with van der Waals surface area (Å²) in [4.78, 5) is 10.6. The van der Waals surface area contributed by atoms with Crippen LogP contribution in [0, 0.1) is 0 Å². The van der Waals surface area contributed by atoms with Crippen LogP contribution in [0.4, 0.5) is 0 Å². The van der Waals surface area contributed by atoms with E-state index in [0.717, 1.165) is 16.2 Å². The quantitative estimate of drug-likeness (QED) is 0.869. The number of nitrogens with zero attached hydrogens (tertiary/aromatic N) is 1. The molecule has 0 aliphatic heterocycles. The highest BCUT2D eigenvalue weighted by Crippen LogP contribution is 2.18. The molecule has 0 fully saturated rings. The van der Waals surface area contributed by atoms with Crippen molar-refractivity contribution in [3.8, 4) is 0 Å². The van der Waals surface area contributed by atoms with Crippen LogP contribution in [0.15, 0.2) is 30.5 Å². The lowest BCUT2D eigenvalue weighted by molar-refractivity contribution is -0.137. The van der Waals surface area contributed by atoms with Crippen molar-refractivity contribution >= 4 is 32.8 Å². The molecule has 0 aliphatic rings. The van der Waals surface area contributed by atoms with Gasteiger partial charge in [0.05, 0.1) is 0 Å².